The van der Waals surface area contributed by atoms with E-state index in [9.17, 15) is 18.5 Å². The number of aryl methyl sites for hydroxylation is 1. The lowest BCUT2D eigenvalue weighted by atomic mass is 9.89. The van der Waals surface area contributed by atoms with Gasteiger partial charge in [-0.1, -0.05) is 42.5 Å². The number of ketones is 1. The molecule has 2 fully saturated rings. The molecule has 1 saturated carbocycles. The van der Waals surface area contributed by atoms with Crippen molar-refractivity contribution in [3.05, 3.63) is 83.2 Å². The number of carbonyl (C=O) groups is 2. The van der Waals surface area contributed by atoms with Gasteiger partial charge in [0.1, 0.15) is 18.7 Å². The van der Waals surface area contributed by atoms with Gasteiger partial charge in [-0.25, -0.2) is 4.39 Å². The first kappa shape index (κ1) is 26.6. The maximum absolute atomic E-state index is 14.3. The maximum atomic E-state index is 14.3. The summed E-state index contributed by atoms with van der Waals surface area (Å²) in [5.74, 6) is -0.468. The molecular weight excluding hydrogens is 496 g/mol. The number of rotatable bonds is 8. The van der Waals surface area contributed by atoms with Crippen molar-refractivity contribution in [2.75, 3.05) is 24.8 Å². The first-order valence-electron chi connectivity index (χ1n) is 13.5. The van der Waals surface area contributed by atoms with Crippen molar-refractivity contribution in [3.63, 3.8) is 0 Å². The summed E-state index contributed by atoms with van der Waals surface area (Å²) in [5, 5.41) is 0.868. The quantitative estimate of drug-likeness (QED) is 0.298. The molecule has 1 aliphatic carbocycles. The molecule has 1 aliphatic heterocycles. The van der Waals surface area contributed by atoms with Gasteiger partial charge in [-0.15, -0.1) is 0 Å². The van der Waals surface area contributed by atoms with E-state index in [0.717, 1.165) is 52.5 Å². The van der Waals surface area contributed by atoms with Gasteiger partial charge in [-0.3, -0.25) is 9.59 Å². The van der Waals surface area contributed by atoms with Gasteiger partial charge < -0.3 is 9.46 Å². The van der Waals surface area contributed by atoms with E-state index in [1.807, 2.05) is 48.2 Å². The van der Waals surface area contributed by atoms with E-state index < -0.39 is 7.14 Å². The number of piperidine rings is 1. The van der Waals surface area contributed by atoms with Gasteiger partial charge in [-0.2, -0.15) is 0 Å². The Morgan fingerprint density at radius 2 is 1.79 bits per heavy atom. The number of hydrogen-bond acceptors (Lipinski definition) is 3. The molecule has 6 heteroatoms. The highest BCUT2D eigenvalue weighted by atomic mass is 31.2. The molecule has 0 N–H and O–H groups in total. The summed E-state index contributed by atoms with van der Waals surface area (Å²) < 4.78 is 27.2. The molecule has 1 heterocycles. The van der Waals surface area contributed by atoms with Crippen molar-refractivity contribution in [2.45, 2.75) is 51.4 Å². The molecule has 2 aliphatic rings. The van der Waals surface area contributed by atoms with Crippen LogP contribution >= 0.6 is 7.14 Å². The number of Topliss-reactive ketones (excluding diaryl/α,β-unsaturated/α-hetero) is 1. The summed E-state index contributed by atoms with van der Waals surface area (Å²) in [6.45, 7) is 6.04. The number of anilines is 1. The zero-order chi connectivity index (χ0) is 27.0. The normalized spacial score (nSPS) is 18.1. The molecule has 1 saturated heterocycles. The zero-order valence-electron chi connectivity index (χ0n) is 22.4. The number of carbonyl (C=O) groups excluding carboxylic acids is 2. The second-order valence-corrected chi connectivity index (χ2v) is 14.4. The summed E-state index contributed by atoms with van der Waals surface area (Å²) in [5.41, 5.74) is 5.28. The first-order chi connectivity index (χ1) is 18.1. The minimum Gasteiger partial charge on any atom is -0.319 e. The van der Waals surface area contributed by atoms with Crippen molar-refractivity contribution >= 4 is 29.8 Å². The van der Waals surface area contributed by atoms with Crippen LogP contribution in [0.2, 0.25) is 0 Å². The molecule has 38 heavy (non-hydrogen) atoms. The van der Waals surface area contributed by atoms with Crippen molar-refractivity contribution in [1.82, 2.24) is 0 Å². The van der Waals surface area contributed by atoms with Crippen LogP contribution in [-0.4, -0.2) is 31.6 Å². The van der Waals surface area contributed by atoms with Gasteiger partial charge in [0.2, 0.25) is 5.91 Å². The van der Waals surface area contributed by atoms with E-state index in [1.165, 1.54) is 6.07 Å². The van der Waals surface area contributed by atoms with Crippen molar-refractivity contribution in [3.8, 4) is 11.1 Å². The van der Waals surface area contributed by atoms with Crippen LogP contribution < -0.4 is 10.2 Å². The Kier molecular flexibility index (Phi) is 7.42. The Labute approximate surface area is 224 Å². The van der Waals surface area contributed by atoms with Gasteiger partial charge in [0.15, 0.2) is 0 Å². The Morgan fingerprint density at radius 1 is 1.03 bits per heavy atom. The van der Waals surface area contributed by atoms with Crippen LogP contribution in [-0.2, 0) is 20.6 Å². The Balaban J connectivity index is 1.38. The second kappa shape index (κ2) is 10.6. The summed E-state index contributed by atoms with van der Waals surface area (Å²) in [6.07, 6.45) is 3.82. The molecule has 1 atom stereocenters. The van der Waals surface area contributed by atoms with Gasteiger partial charge in [0, 0.05) is 36.3 Å². The molecule has 5 rings (SSSR count). The molecule has 0 aromatic heterocycles. The van der Waals surface area contributed by atoms with Crippen LogP contribution in [0.4, 0.5) is 10.1 Å². The average molecular weight is 532 g/mol. The minimum absolute atomic E-state index is 0.00996. The molecule has 1 amide bonds. The summed E-state index contributed by atoms with van der Waals surface area (Å²) in [7, 11) is -2.47. The van der Waals surface area contributed by atoms with Gasteiger partial charge >= 0.3 is 0 Å². The number of hydrogen-bond donors (Lipinski definition) is 0. The summed E-state index contributed by atoms with van der Waals surface area (Å²) in [4.78, 5) is 28.3. The lowest BCUT2D eigenvalue weighted by molar-refractivity contribution is -0.128. The van der Waals surface area contributed by atoms with Gasteiger partial charge in [0.25, 0.3) is 0 Å². The van der Waals surface area contributed by atoms with E-state index in [1.54, 1.807) is 25.5 Å². The molecule has 3 aromatic rings. The summed E-state index contributed by atoms with van der Waals surface area (Å²) >= 11 is 0. The second-order valence-electron chi connectivity index (χ2n) is 11.3. The van der Waals surface area contributed by atoms with Crippen molar-refractivity contribution in [2.24, 2.45) is 5.92 Å². The third-order valence-electron chi connectivity index (χ3n) is 7.75. The smallest absolute Gasteiger partial charge is 0.230 e. The number of benzene rings is 3. The standard InChI is InChI=1S/C32H35FNO3P/c1-21-10-11-24(29(33)17-21)18-26(35)19-25-7-6-16-34(32(25)36)30-15-14-23(20-28(30)22-12-13-22)27-8-4-5-9-31(27)38(2,3)37/h4-5,8-11,14-15,17,20,22,25H,6-7,12-13,16,18-19H2,1-3H3/t25-/m0/s1. The minimum atomic E-state index is -2.47. The third-order valence-corrected chi connectivity index (χ3v) is 9.30. The summed E-state index contributed by atoms with van der Waals surface area (Å²) in [6, 6.07) is 19.0. The van der Waals surface area contributed by atoms with Crippen molar-refractivity contribution < 1.29 is 18.5 Å². The van der Waals surface area contributed by atoms with Crippen LogP contribution in [0.5, 0.6) is 0 Å². The Bertz CT molecular complexity index is 1440. The number of nitrogens with zero attached hydrogens (tertiary/aromatic N) is 1. The van der Waals surface area contributed by atoms with Gasteiger partial charge in [-0.05, 0) is 97.9 Å². The number of halogens is 1. The highest BCUT2D eigenvalue weighted by Crippen LogP contribution is 2.47. The van der Waals surface area contributed by atoms with E-state index in [2.05, 4.69) is 6.07 Å². The molecular formula is C32H35FNO3P. The Hall–Kier alpha value is -3.04. The van der Waals surface area contributed by atoms with Crippen LogP contribution in [0, 0.1) is 18.7 Å². The first-order valence-corrected chi connectivity index (χ1v) is 16.1. The van der Waals surface area contributed by atoms with E-state index in [0.29, 0.717) is 24.4 Å². The topological polar surface area (TPSA) is 54.5 Å². The van der Waals surface area contributed by atoms with E-state index in [4.69, 9.17) is 0 Å². The molecule has 198 valence electrons. The van der Waals surface area contributed by atoms with E-state index >= 15 is 0 Å². The SMILES string of the molecule is Cc1ccc(CC(=O)C[C@@H]2CCCN(c3ccc(-c4ccccc4P(C)(C)=O)cc3C3CC3)C2=O)c(F)c1. The molecule has 4 nitrogen and oxygen atoms in total. The van der Waals surface area contributed by atoms with Crippen LogP contribution in [0.25, 0.3) is 11.1 Å². The molecule has 0 unspecified atom stereocenters. The molecule has 0 radical (unpaired) electrons. The largest absolute Gasteiger partial charge is 0.319 e. The van der Waals surface area contributed by atoms with Crippen molar-refractivity contribution in [1.29, 1.82) is 0 Å². The van der Waals surface area contributed by atoms with Crippen LogP contribution in [0.1, 0.15) is 54.7 Å². The highest BCUT2D eigenvalue weighted by molar-refractivity contribution is 7.70. The fraction of sp³-hybridized carbons (Fsp3) is 0.375. The fourth-order valence-corrected chi connectivity index (χ4v) is 6.84. The lowest BCUT2D eigenvalue weighted by Gasteiger charge is -2.34. The average Bonchev–Trinajstić information content (AvgIpc) is 3.72. The predicted molar refractivity (Wildman–Crippen MR) is 152 cm³/mol. The highest BCUT2D eigenvalue weighted by Gasteiger charge is 2.35. The zero-order valence-corrected chi connectivity index (χ0v) is 23.3. The molecule has 0 spiro atoms. The fourth-order valence-electron chi connectivity index (χ4n) is 5.61. The van der Waals surface area contributed by atoms with Crippen LogP contribution in [0.15, 0.2) is 60.7 Å². The molecule has 3 aromatic carbocycles. The number of amides is 1. The monoisotopic (exact) mass is 531 g/mol. The molecule has 0 bridgehead atoms. The lowest BCUT2D eigenvalue weighted by Crippen LogP contribution is -2.42. The van der Waals surface area contributed by atoms with Gasteiger partial charge in [0.05, 0.1) is 0 Å². The van der Waals surface area contributed by atoms with Crippen LogP contribution in [0.3, 0.4) is 0 Å². The third kappa shape index (κ3) is 5.68. The maximum Gasteiger partial charge on any atom is 0.230 e. The Morgan fingerprint density at radius 3 is 2.50 bits per heavy atom. The predicted octanol–water partition coefficient (Wildman–Crippen LogP) is 6.87. The van der Waals surface area contributed by atoms with E-state index in [-0.39, 0.29) is 36.3 Å².